The SMILES string of the molecule is O=C(NCc1ccco1)c1cn(C[C@@H]2CCCO2)cc(C(=O)NC2CCCCCCC2)c1=O. The molecule has 1 atom stereocenters. The van der Waals surface area contributed by atoms with Gasteiger partial charge in [0.25, 0.3) is 11.8 Å². The first-order valence-corrected chi connectivity index (χ1v) is 12.1. The van der Waals surface area contributed by atoms with Gasteiger partial charge >= 0.3 is 0 Å². The molecule has 2 N–H and O–H groups in total. The van der Waals surface area contributed by atoms with Gasteiger partial charge in [-0.05, 0) is 37.8 Å². The van der Waals surface area contributed by atoms with Crippen molar-refractivity contribution in [1.29, 1.82) is 0 Å². The average molecular weight is 456 g/mol. The molecule has 1 aliphatic heterocycles. The van der Waals surface area contributed by atoms with Crippen LogP contribution in [0.4, 0.5) is 0 Å². The summed E-state index contributed by atoms with van der Waals surface area (Å²) in [6.45, 7) is 1.36. The van der Waals surface area contributed by atoms with Crippen molar-refractivity contribution in [3.05, 3.63) is 57.9 Å². The summed E-state index contributed by atoms with van der Waals surface area (Å²) < 4.78 is 12.7. The normalized spacial score (nSPS) is 19.6. The minimum Gasteiger partial charge on any atom is -0.467 e. The van der Waals surface area contributed by atoms with Crippen molar-refractivity contribution >= 4 is 11.8 Å². The monoisotopic (exact) mass is 455 g/mol. The van der Waals surface area contributed by atoms with Gasteiger partial charge < -0.3 is 24.4 Å². The molecule has 2 amide bonds. The maximum atomic E-state index is 13.2. The fraction of sp³-hybridized carbons (Fsp3) is 0.560. The lowest BCUT2D eigenvalue weighted by Crippen LogP contribution is -2.40. The Morgan fingerprint density at radius 1 is 0.970 bits per heavy atom. The number of hydrogen-bond acceptors (Lipinski definition) is 5. The zero-order valence-corrected chi connectivity index (χ0v) is 19.0. The predicted molar refractivity (Wildman–Crippen MR) is 123 cm³/mol. The Hall–Kier alpha value is -2.87. The van der Waals surface area contributed by atoms with Crippen molar-refractivity contribution in [2.24, 2.45) is 0 Å². The van der Waals surface area contributed by atoms with Gasteiger partial charge in [0.1, 0.15) is 16.9 Å². The summed E-state index contributed by atoms with van der Waals surface area (Å²) in [5.74, 6) is -0.355. The van der Waals surface area contributed by atoms with Gasteiger partial charge in [0.2, 0.25) is 5.43 Å². The molecule has 3 heterocycles. The van der Waals surface area contributed by atoms with E-state index in [9.17, 15) is 14.4 Å². The molecule has 8 nitrogen and oxygen atoms in total. The number of furan rings is 1. The van der Waals surface area contributed by atoms with Crippen LogP contribution in [0.2, 0.25) is 0 Å². The van der Waals surface area contributed by atoms with Crippen LogP contribution in [0.3, 0.4) is 0 Å². The van der Waals surface area contributed by atoms with E-state index in [1.165, 1.54) is 31.7 Å². The summed E-state index contributed by atoms with van der Waals surface area (Å²) in [7, 11) is 0. The van der Waals surface area contributed by atoms with Crippen LogP contribution in [0.15, 0.2) is 40.0 Å². The first-order chi connectivity index (χ1) is 16.1. The van der Waals surface area contributed by atoms with Gasteiger partial charge in [-0.15, -0.1) is 0 Å². The molecule has 0 unspecified atom stereocenters. The van der Waals surface area contributed by atoms with Gasteiger partial charge in [-0.25, -0.2) is 0 Å². The molecule has 2 fully saturated rings. The van der Waals surface area contributed by atoms with Crippen LogP contribution in [-0.4, -0.2) is 35.1 Å². The zero-order valence-electron chi connectivity index (χ0n) is 19.0. The van der Waals surface area contributed by atoms with E-state index in [0.717, 1.165) is 38.5 Å². The number of hydrogen-bond donors (Lipinski definition) is 2. The summed E-state index contributed by atoms with van der Waals surface area (Å²) in [6.07, 6.45) is 14.1. The quantitative estimate of drug-likeness (QED) is 0.666. The third-order valence-corrected chi connectivity index (χ3v) is 6.45. The lowest BCUT2D eigenvalue weighted by Gasteiger charge is -2.21. The predicted octanol–water partition coefficient (Wildman–Crippen LogP) is 3.39. The van der Waals surface area contributed by atoms with Crippen molar-refractivity contribution in [1.82, 2.24) is 15.2 Å². The van der Waals surface area contributed by atoms with E-state index in [-0.39, 0.29) is 29.8 Å². The average Bonchev–Trinajstić information content (AvgIpc) is 3.49. The van der Waals surface area contributed by atoms with Crippen molar-refractivity contribution < 1.29 is 18.7 Å². The van der Waals surface area contributed by atoms with Crippen LogP contribution in [0, 0.1) is 0 Å². The third kappa shape index (κ3) is 6.35. The number of nitrogens with one attached hydrogen (secondary N) is 2. The number of aromatic nitrogens is 1. The second-order valence-corrected chi connectivity index (χ2v) is 9.02. The molecule has 0 bridgehead atoms. The Bertz CT molecular complexity index is 984. The number of rotatable bonds is 7. The van der Waals surface area contributed by atoms with Gasteiger partial charge in [0.15, 0.2) is 0 Å². The molecule has 4 rings (SSSR count). The number of nitrogens with zero attached hydrogens (tertiary/aromatic N) is 1. The molecule has 8 heteroatoms. The molecule has 1 saturated carbocycles. The molecular weight excluding hydrogens is 422 g/mol. The Kier molecular flexibility index (Phi) is 7.99. The number of carbonyl (C=O) groups excluding carboxylic acids is 2. The molecule has 1 aliphatic carbocycles. The summed E-state index contributed by atoms with van der Waals surface area (Å²) in [4.78, 5) is 39.2. The first kappa shape index (κ1) is 23.3. The highest BCUT2D eigenvalue weighted by Gasteiger charge is 2.23. The van der Waals surface area contributed by atoms with E-state index in [0.29, 0.717) is 18.9 Å². The molecule has 0 aromatic carbocycles. The lowest BCUT2D eigenvalue weighted by molar-refractivity contribution is 0.0913. The van der Waals surface area contributed by atoms with Crippen LogP contribution < -0.4 is 16.1 Å². The Morgan fingerprint density at radius 3 is 2.36 bits per heavy atom. The molecule has 2 aromatic heterocycles. The Balaban J connectivity index is 1.55. The number of carbonyl (C=O) groups is 2. The summed E-state index contributed by atoms with van der Waals surface area (Å²) in [6, 6.07) is 3.53. The zero-order chi connectivity index (χ0) is 23.0. The molecule has 178 valence electrons. The second-order valence-electron chi connectivity index (χ2n) is 9.02. The van der Waals surface area contributed by atoms with Crippen LogP contribution in [0.1, 0.15) is 84.3 Å². The van der Waals surface area contributed by atoms with Gasteiger partial charge in [-0.2, -0.15) is 0 Å². The van der Waals surface area contributed by atoms with Gasteiger partial charge in [-0.3, -0.25) is 14.4 Å². The molecule has 2 aliphatic rings. The van der Waals surface area contributed by atoms with Crippen molar-refractivity contribution in [2.75, 3.05) is 6.61 Å². The molecule has 0 spiro atoms. The lowest BCUT2D eigenvalue weighted by atomic mass is 9.96. The highest BCUT2D eigenvalue weighted by molar-refractivity contribution is 5.99. The molecule has 33 heavy (non-hydrogen) atoms. The topological polar surface area (TPSA) is 103 Å². The fourth-order valence-electron chi connectivity index (χ4n) is 4.62. The summed E-state index contributed by atoms with van der Waals surface area (Å²) >= 11 is 0. The second kappa shape index (κ2) is 11.3. The van der Waals surface area contributed by atoms with Crippen LogP contribution in [0.5, 0.6) is 0 Å². The third-order valence-electron chi connectivity index (χ3n) is 6.45. The largest absolute Gasteiger partial charge is 0.467 e. The number of amides is 2. The van der Waals surface area contributed by atoms with Crippen LogP contribution >= 0.6 is 0 Å². The molecule has 2 aromatic rings. The molecule has 1 saturated heterocycles. The smallest absolute Gasteiger partial charge is 0.257 e. The Labute approximate surface area is 193 Å². The molecule has 0 radical (unpaired) electrons. The maximum absolute atomic E-state index is 13.2. The van der Waals surface area contributed by atoms with E-state index in [1.807, 2.05) is 0 Å². The fourth-order valence-corrected chi connectivity index (χ4v) is 4.62. The highest BCUT2D eigenvalue weighted by atomic mass is 16.5. The van der Waals surface area contributed by atoms with E-state index >= 15 is 0 Å². The first-order valence-electron chi connectivity index (χ1n) is 12.1. The van der Waals surface area contributed by atoms with Crippen molar-refractivity contribution in [2.45, 2.75) is 83.0 Å². The van der Waals surface area contributed by atoms with Crippen molar-refractivity contribution in [3.8, 4) is 0 Å². The van der Waals surface area contributed by atoms with Crippen molar-refractivity contribution in [3.63, 3.8) is 0 Å². The maximum Gasteiger partial charge on any atom is 0.257 e. The number of pyridine rings is 1. The van der Waals surface area contributed by atoms with Crippen LogP contribution in [0.25, 0.3) is 0 Å². The highest BCUT2D eigenvalue weighted by Crippen LogP contribution is 2.18. The minimum atomic E-state index is -0.557. The van der Waals surface area contributed by atoms with E-state index in [2.05, 4.69) is 10.6 Å². The summed E-state index contributed by atoms with van der Waals surface area (Å²) in [5, 5.41) is 5.77. The van der Waals surface area contributed by atoms with Crippen LogP contribution in [-0.2, 0) is 17.8 Å². The van der Waals surface area contributed by atoms with Gasteiger partial charge in [-0.1, -0.05) is 32.1 Å². The van der Waals surface area contributed by atoms with E-state index in [4.69, 9.17) is 9.15 Å². The van der Waals surface area contributed by atoms with Gasteiger partial charge in [0, 0.05) is 31.6 Å². The number of ether oxygens (including phenoxy) is 1. The standard InChI is InChI=1S/C25H33N3O5/c29-23-21(24(30)26-14-19-10-6-12-32-19)16-28(15-20-11-7-13-33-20)17-22(23)25(31)27-18-8-4-2-1-3-5-9-18/h6,10,12,16-18,20H,1-5,7-9,11,13-15H2,(H,26,30)(H,27,31)/t20-/m0/s1. The minimum absolute atomic E-state index is 0.000653. The summed E-state index contributed by atoms with van der Waals surface area (Å²) in [5.41, 5.74) is -0.607. The Morgan fingerprint density at radius 2 is 1.70 bits per heavy atom. The van der Waals surface area contributed by atoms with E-state index in [1.54, 1.807) is 22.9 Å². The molecular formula is C25H33N3O5. The van der Waals surface area contributed by atoms with Gasteiger partial charge in [0.05, 0.1) is 18.9 Å². The van der Waals surface area contributed by atoms with E-state index < -0.39 is 17.2 Å².